The van der Waals surface area contributed by atoms with Gasteiger partial charge in [-0.25, -0.2) is 4.98 Å². The van der Waals surface area contributed by atoms with Crippen molar-refractivity contribution < 1.29 is 22.4 Å². The number of carbonyl (C=O) groups is 1. The molecule has 0 aliphatic rings. The van der Waals surface area contributed by atoms with Crippen molar-refractivity contribution in [2.75, 3.05) is 0 Å². The molecular formula is C9H3ClF3NO2. The summed E-state index contributed by atoms with van der Waals surface area (Å²) in [7, 11) is 0. The van der Waals surface area contributed by atoms with E-state index < -0.39 is 12.1 Å². The normalized spacial score (nSPS) is 12.0. The van der Waals surface area contributed by atoms with E-state index >= 15 is 0 Å². The van der Waals surface area contributed by atoms with Crippen LogP contribution in [0.2, 0.25) is 5.02 Å². The number of oxazole rings is 1. The number of halogens is 4. The van der Waals surface area contributed by atoms with Gasteiger partial charge in [-0.1, -0.05) is 11.6 Å². The number of aldehydes is 1. The first-order valence-electron chi connectivity index (χ1n) is 4.05. The number of hydrogen-bond acceptors (Lipinski definition) is 3. The van der Waals surface area contributed by atoms with E-state index in [0.717, 1.165) is 0 Å². The van der Waals surface area contributed by atoms with Crippen LogP contribution in [-0.4, -0.2) is 11.3 Å². The Bertz CT molecular complexity index is 562. The topological polar surface area (TPSA) is 43.1 Å². The van der Waals surface area contributed by atoms with Crippen molar-refractivity contribution >= 4 is 29.0 Å². The molecule has 3 nitrogen and oxygen atoms in total. The number of aromatic nitrogens is 1. The lowest BCUT2D eigenvalue weighted by molar-refractivity contribution is -0.156. The monoisotopic (exact) mass is 249 g/mol. The van der Waals surface area contributed by atoms with Gasteiger partial charge in [0.05, 0.1) is 5.02 Å². The zero-order valence-electron chi connectivity index (χ0n) is 7.51. The largest absolute Gasteiger partial charge is 0.468 e. The van der Waals surface area contributed by atoms with Gasteiger partial charge in [-0.2, -0.15) is 13.2 Å². The summed E-state index contributed by atoms with van der Waals surface area (Å²) in [5, 5.41) is -0.147. The molecule has 0 unspecified atom stereocenters. The predicted octanol–water partition coefficient (Wildman–Crippen LogP) is 3.31. The molecule has 1 aromatic heterocycles. The Kier molecular flexibility index (Phi) is 2.38. The van der Waals surface area contributed by atoms with E-state index in [2.05, 4.69) is 9.40 Å². The molecular weight excluding hydrogens is 247 g/mol. The molecule has 0 aliphatic heterocycles. The predicted molar refractivity (Wildman–Crippen MR) is 49.4 cm³/mol. The molecule has 84 valence electrons. The Morgan fingerprint density at radius 3 is 2.62 bits per heavy atom. The molecule has 0 aliphatic carbocycles. The summed E-state index contributed by atoms with van der Waals surface area (Å²) in [6, 6.07) is 2.48. The molecule has 2 rings (SSSR count). The SMILES string of the molecule is O=Cc1ccc2oc(C(F)(F)F)nc2c1Cl. The van der Waals surface area contributed by atoms with Crippen molar-refractivity contribution in [3.8, 4) is 0 Å². The zero-order valence-corrected chi connectivity index (χ0v) is 8.26. The number of alkyl halides is 3. The molecule has 0 saturated carbocycles. The lowest BCUT2D eigenvalue weighted by atomic mass is 10.2. The average Bonchev–Trinajstić information content (AvgIpc) is 2.62. The highest BCUT2D eigenvalue weighted by Gasteiger charge is 2.37. The Balaban J connectivity index is 2.71. The fourth-order valence-electron chi connectivity index (χ4n) is 1.19. The van der Waals surface area contributed by atoms with Gasteiger partial charge in [0, 0.05) is 5.56 Å². The first-order valence-corrected chi connectivity index (χ1v) is 4.42. The molecule has 0 N–H and O–H groups in total. The van der Waals surface area contributed by atoms with E-state index in [1.807, 2.05) is 0 Å². The number of nitrogens with zero attached hydrogens (tertiary/aromatic N) is 1. The van der Waals surface area contributed by atoms with Gasteiger partial charge < -0.3 is 4.42 Å². The Labute approximate surface area is 91.8 Å². The molecule has 0 fully saturated rings. The molecule has 0 radical (unpaired) electrons. The molecule has 2 aromatic rings. The highest BCUT2D eigenvalue weighted by molar-refractivity contribution is 6.37. The summed E-state index contributed by atoms with van der Waals surface area (Å²) in [5.41, 5.74) is -0.210. The summed E-state index contributed by atoms with van der Waals surface area (Å²) >= 11 is 5.68. The smallest absolute Gasteiger partial charge is 0.433 e. The second-order valence-corrected chi connectivity index (χ2v) is 3.33. The average molecular weight is 250 g/mol. The van der Waals surface area contributed by atoms with Crippen molar-refractivity contribution in [1.82, 2.24) is 4.98 Å². The fourth-order valence-corrected chi connectivity index (χ4v) is 1.43. The van der Waals surface area contributed by atoms with Crippen molar-refractivity contribution in [2.24, 2.45) is 0 Å². The minimum Gasteiger partial charge on any atom is -0.433 e. The third-order valence-electron chi connectivity index (χ3n) is 1.90. The van der Waals surface area contributed by atoms with Crippen LogP contribution >= 0.6 is 11.6 Å². The van der Waals surface area contributed by atoms with Crippen LogP contribution in [0.5, 0.6) is 0 Å². The van der Waals surface area contributed by atoms with Gasteiger partial charge in [0.1, 0.15) is 5.52 Å². The van der Waals surface area contributed by atoms with E-state index in [-0.39, 0.29) is 21.7 Å². The third kappa shape index (κ3) is 1.65. The van der Waals surface area contributed by atoms with Gasteiger partial charge in [0.2, 0.25) is 0 Å². The molecule has 7 heteroatoms. The van der Waals surface area contributed by atoms with Crippen molar-refractivity contribution in [3.63, 3.8) is 0 Å². The summed E-state index contributed by atoms with van der Waals surface area (Å²) in [4.78, 5) is 13.7. The summed E-state index contributed by atoms with van der Waals surface area (Å²) in [6.45, 7) is 0. The first kappa shape index (κ1) is 10.9. The minimum absolute atomic E-state index is 0.0659. The molecule has 16 heavy (non-hydrogen) atoms. The third-order valence-corrected chi connectivity index (χ3v) is 2.30. The van der Waals surface area contributed by atoms with Gasteiger partial charge in [-0.05, 0) is 12.1 Å². The van der Waals surface area contributed by atoms with Crippen molar-refractivity contribution in [2.45, 2.75) is 6.18 Å². The Morgan fingerprint density at radius 2 is 2.06 bits per heavy atom. The van der Waals surface area contributed by atoms with Crippen LogP contribution in [0.15, 0.2) is 16.5 Å². The quantitative estimate of drug-likeness (QED) is 0.728. The summed E-state index contributed by atoms with van der Waals surface area (Å²) < 4.78 is 41.3. The second-order valence-electron chi connectivity index (χ2n) is 2.95. The summed E-state index contributed by atoms with van der Waals surface area (Å²) in [6.07, 6.45) is -4.24. The molecule has 0 bridgehead atoms. The molecule has 0 spiro atoms. The highest BCUT2D eigenvalue weighted by Crippen LogP contribution is 2.34. The standard InChI is InChI=1S/C9H3ClF3NO2/c10-6-4(3-15)1-2-5-7(6)14-8(16-5)9(11,12)13/h1-3H. The fraction of sp³-hybridized carbons (Fsp3) is 0.111. The van der Waals surface area contributed by atoms with Crippen LogP contribution in [0, 0.1) is 0 Å². The lowest BCUT2D eigenvalue weighted by Gasteiger charge is -1.97. The van der Waals surface area contributed by atoms with E-state index in [1.165, 1.54) is 12.1 Å². The number of benzene rings is 1. The summed E-state index contributed by atoms with van der Waals surface area (Å²) in [5.74, 6) is -1.38. The maximum Gasteiger partial charge on any atom is 0.468 e. The number of hydrogen-bond donors (Lipinski definition) is 0. The van der Waals surface area contributed by atoms with Crippen LogP contribution in [0.1, 0.15) is 16.2 Å². The van der Waals surface area contributed by atoms with Crippen LogP contribution in [0.3, 0.4) is 0 Å². The minimum atomic E-state index is -4.68. The van der Waals surface area contributed by atoms with Gasteiger partial charge in [-0.15, -0.1) is 0 Å². The van der Waals surface area contributed by atoms with Crippen LogP contribution in [-0.2, 0) is 6.18 Å². The zero-order chi connectivity index (χ0) is 11.9. The Hall–Kier alpha value is -1.56. The first-order chi connectivity index (χ1) is 7.43. The second kappa shape index (κ2) is 3.48. The van der Waals surface area contributed by atoms with Gasteiger partial charge in [0.25, 0.3) is 0 Å². The van der Waals surface area contributed by atoms with Gasteiger partial charge in [0.15, 0.2) is 11.9 Å². The van der Waals surface area contributed by atoms with Gasteiger partial charge in [-0.3, -0.25) is 4.79 Å². The van der Waals surface area contributed by atoms with Crippen molar-refractivity contribution in [1.29, 1.82) is 0 Å². The van der Waals surface area contributed by atoms with Crippen LogP contribution in [0.25, 0.3) is 11.1 Å². The molecule has 0 atom stereocenters. The maximum atomic E-state index is 12.3. The number of carbonyl (C=O) groups excluding carboxylic acids is 1. The van der Waals surface area contributed by atoms with Gasteiger partial charge >= 0.3 is 12.1 Å². The Morgan fingerprint density at radius 1 is 1.38 bits per heavy atom. The number of fused-ring (bicyclic) bond motifs is 1. The van der Waals surface area contributed by atoms with E-state index in [1.54, 1.807) is 0 Å². The highest BCUT2D eigenvalue weighted by atomic mass is 35.5. The van der Waals surface area contributed by atoms with Crippen LogP contribution in [0.4, 0.5) is 13.2 Å². The molecule has 0 saturated heterocycles. The maximum absolute atomic E-state index is 12.3. The van der Waals surface area contributed by atoms with E-state index in [4.69, 9.17) is 11.6 Å². The lowest BCUT2D eigenvalue weighted by Crippen LogP contribution is -2.04. The molecule has 1 aromatic carbocycles. The van der Waals surface area contributed by atoms with E-state index in [0.29, 0.717) is 6.29 Å². The molecule has 1 heterocycles. The van der Waals surface area contributed by atoms with Crippen LogP contribution < -0.4 is 0 Å². The van der Waals surface area contributed by atoms with E-state index in [9.17, 15) is 18.0 Å². The molecule has 0 amide bonds. The van der Waals surface area contributed by atoms with Crippen molar-refractivity contribution in [3.05, 3.63) is 28.6 Å². The number of rotatable bonds is 1.